The Balaban J connectivity index is 2.00. The van der Waals surface area contributed by atoms with Crippen molar-refractivity contribution in [2.45, 2.75) is 25.9 Å². The molecule has 1 aliphatic heterocycles. The van der Waals surface area contributed by atoms with E-state index in [9.17, 15) is 27.6 Å². The van der Waals surface area contributed by atoms with Crippen LogP contribution in [0.25, 0.3) is 0 Å². The van der Waals surface area contributed by atoms with E-state index in [1.165, 1.54) is 17.0 Å². The molecule has 1 saturated heterocycles. The van der Waals surface area contributed by atoms with E-state index in [1.807, 2.05) is 0 Å². The van der Waals surface area contributed by atoms with Crippen LogP contribution in [-0.2, 0) is 15.7 Å². The van der Waals surface area contributed by atoms with E-state index >= 15 is 0 Å². The van der Waals surface area contributed by atoms with Crippen LogP contribution < -0.4 is 5.32 Å². The fourth-order valence-electron chi connectivity index (χ4n) is 2.93. The molecular formula is C18H21F3N2O4. The van der Waals surface area contributed by atoms with Gasteiger partial charge in [-0.2, -0.15) is 13.2 Å². The molecule has 0 aliphatic carbocycles. The van der Waals surface area contributed by atoms with E-state index in [-0.39, 0.29) is 25.3 Å². The van der Waals surface area contributed by atoms with E-state index in [0.29, 0.717) is 19.4 Å². The average Bonchev–Trinajstić information content (AvgIpc) is 2.65. The minimum Gasteiger partial charge on any atom is -0.465 e. The second-order valence-corrected chi connectivity index (χ2v) is 6.19. The van der Waals surface area contributed by atoms with Crippen LogP contribution in [0.4, 0.5) is 18.0 Å². The van der Waals surface area contributed by atoms with Crippen LogP contribution in [-0.4, -0.2) is 48.9 Å². The Bertz CT molecular complexity index is 706. The van der Waals surface area contributed by atoms with Crippen LogP contribution in [0.15, 0.2) is 24.3 Å². The molecule has 0 saturated carbocycles. The van der Waals surface area contributed by atoms with Crippen molar-refractivity contribution in [1.29, 1.82) is 0 Å². The quantitative estimate of drug-likeness (QED) is 0.624. The highest BCUT2D eigenvalue weighted by molar-refractivity contribution is 5.98. The SMILES string of the molecule is CCOC(=O)CNC(=O)N1CCCC(C(=O)c2cccc(C(F)(F)F)c2)C1. The van der Waals surface area contributed by atoms with Crippen LogP contribution in [0, 0.1) is 5.92 Å². The maximum Gasteiger partial charge on any atom is 0.416 e. The van der Waals surface area contributed by atoms with Gasteiger partial charge >= 0.3 is 18.2 Å². The first kappa shape index (κ1) is 20.7. The number of likely N-dealkylation sites (tertiary alicyclic amines) is 1. The Morgan fingerprint density at radius 3 is 2.70 bits per heavy atom. The standard InChI is InChI=1S/C18H21F3N2O4/c1-2-27-15(24)10-22-17(26)23-8-4-6-13(11-23)16(25)12-5-3-7-14(9-12)18(19,20)21/h3,5,7,9,13H,2,4,6,8,10-11H2,1H3,(H,22,26). The third-order valence-electron chi connectivity index (χ3n) is 4.24. The summed E-state index contributed by atoms with van der Waals surface area (Å²) in [6.07, 6.45) is -3.50. The number of halogens is 3. The molecule has 1 aromatic carbocycles. The number of piperidine rings is 1. The van der Waals surface area contributed by atoms with Gasteiger partial charge in [0.05, 0.1) is 12.2 Å². The van der Waals surface area contributed by atoms with Crippen molar-refractivity contribution in [2.75, 3.05) is 26.2 Å². The molecule has 2 amide bonds. The third kappa shape index (κ3) is 5.70. The van der Waals surface area contributed by atoms with Gasteiger partial charge in [-0.05, 0) is 31.9 Å². The van der Waals surface area contributed by atoms with Gasteiger partial charge in [-0.3, -0.25) is 9.59 Å². The molecule has 1 aliphatic rings. The number of hydrogen-bond donors (Lipinski definition) is 1. The van der Waals surface area contributed by atoms with Crippen molar-refractivity contribution in [2.24, 2.45) is 5.92 Å². The molecule has 2 rings (SSSR count). The maximum atomic E-state index is 12.8. The summed E-state index contributed by atoms with van der Waals surface area (Å²) in [5, 5.41) is 2.42. The number of carbonyl (C=O) groups is 3. The summed E-state index contributed by atoms with van der Waals surface area (Å²) >= 11 is 0. The highest BCUT2D eigenvalue weighted by atomic mass is 19.4. The molecular weight excluding hydrogens is 365 g/mol. The molecule has 1 fully saturated rings. The smallest absolute Gasteiger partial charge is 0.416 e. The molecule has 1 unspecified atom stereocenters. The second-order valence-electron chi connectivity index (χ2n) is 6.19. The van der Waals surface area contributed by atoms with Crippen molar-refractivity contribution in [1.82, 2.24) is 10.2 Å². The number of rotatable bonds is 5. The lowest BCUT2D eigenvalue weighted by molar-refractivity contribution is -0.142. The number of nitrogens with zero attached hydrogens (tertiary/aromatic N) is 1. The van der Waals surface area contributed by atoms with E-state index < -0.39 is 35.4 Å². The first-order chi connectivity index (χ1) is 12.7. The van der Waals surface area contributed by atoms with Crippen LogP contribution in [0.5, 0.6) is 0 Å². The van der Waals surface area contributed by atoms with Crippen molar-refractivity contribution < 1.29 is 32.3 Å². The van der Waals surface area contributed by atoms with Gasteiger partial charge in [0.1, 0.15) is 6.54 Å². The highest BCUT2D eigenvalue weighted by Crippen LogP contribution is 2.30. The van der Waals surface area contributed by atoms with Gasteiger partial charge in [0, 0.05) is 24.6 Å². The van der Waals surface area contributed by atoms with E-state index in [1.54, 1.807) is 6.92 Å². The molecule has 148 valence electrons. The van der Waals surface area contributed by atoms with Crippen LogP contribution >= 0.6 is 0 Å². The number of hydrogen-bond acceptors (Lipinski definition) is 4. The zero-order valence-corrected chi connectivity index (χ0v) is 14.8. The molecule has 6 nitrogen and oxygen atoms in total. The van der Waals surface area contributed by atoms with Crippen LogP contribution in [0.1, 0.15) is 35.7 Å². The van der Waals surface area contributed by atoms with Crippen LogP contribution in [0.2, 0.25) is 0 Å². The van der Waals surface area contributed by atoms with E-state index in [0.717, 1.165) is 12.1 Å². The largest absolute Gasteiger partial charge is 0.465 e. The normalized spacial score (nSPS) is 17.3. The molecule has 0 spiro atoms. The summed E-state index contributed by atoms with van der Waals surface area (Å²) in [7, 11) is 0. The summed E-state index contributed by atoms with van der Waals surface area (Å²) in [6.45, 7) is 2.06. The first-order valence-electron chi connectivity index (χ1n) is 8.62. The van der Waals surface area contributed by atoms with Gasteiger partial charge in [0.2, 0.25) is 0 Å². The van der Waals surface area contributed by atoms with Gasteiger partial charge in [-0.15, -0.1) is 0 Å². The molecule has 1 heterocycles. The number of ether oxygens (including phenoxy) is 1. The maximum absolute atomic E-state index is 12.8. The number of benzene rings is 1. The Hall–Kier alpha value is -2.58. The summed E-state index contributed by atoms with van der Waals surface area (Å²) < 4.78 is 43.2. The Morgan fingerprint density at radius 1 is 1.30 bits per heavy atom. The van der Waals surface area contributed by atoms with Crippen molar-refractivity contribution in [3.8, 4) is 0 Å². The van der Waals surface area contributed by atoms with E-state index in [4.69, 9.17) is 4.74 Å². The van der Waals surface area contributed by atoms with Gasteiger partial charge in [0.15, 0.2) is 5.78 Å². The first-order valence-corrected chi connectivity index (χ1v) is 8.62. The summed E-state index contributed by atoms with van der Waals surface area (Å²) in [4.78, 5) is 37.4. The molecule has 0 radical (unpaired) electrons. The van der Waals surface area contributed by atoms with Gasteiger partial charge in [-0.1, -0.05) is 12.1 Å². The predicted octanol–water partition coefficient (Wildman–Crippen LogP) is 2.87. The Morgan fingerprint density at radius 2 is 2.04 bits per heavy atom. The fourth-order valence-corrected chi connectivity index (χ4v) is 2.93. The minimum atomic E-state index is -4.53. The zero-order valence-electron chi connectivity index (χ0n) is 14.8. The zero-order chi connectivity index (χ0) is 20.0. The van der Waals surface area contributed by atoms with Crippen molar-refractivity contribution in [3.05, 3.63) is 35.4 Å². The topological polar surface area (TPSA) is 75.7 Å². The molecule has 0 aromatic heterocycles. The fraction of sp³-hybridized carbons (Fsp3) is 0.500. The highest BCUT2D eigenvalue weighted by Gasteiger charge is 2.33. The average molecular weight is 386 g/mol. The molecule has 27 heavy (non-hydrogen) atoms. The summed E-state index contributed by atoms with van der Waals surface area (Å²) in [5.41, 5.74) is -0.906. The lowest BCUT2D eigenvalue weighted by Gasteiger charge is -2.32. The monoisotopic (exact) mass is 386 g/mol. The van der Waals surface area contributed by atoms with Crippen molar-refractivity contribution in [3.63, 3.8) is 0 Å². The predicted molar refractivity (Wildman–Crippen MR) is 90.1 cm³/mol. The van der Waals surface area contributed by atoms with Gasteiger partial charge in [-0.25, -0.2) is 4.79 Å². The molecule has 1 N–H and O–H groups in total. The molecule has 1 aromatic rings. The lowest BCUT2D eigenvalue weighted by atomic mass is 9.89. The molecule has 9 heteroatoms. The third-order valence-corrected chi connectivity index (χ3v) is 4.24. The van der Waals surface area contributed by atoms with Crippen LogP contribution in [0.3, 0.4) is 0 Å². The van der Waals surface area contributed by atoms with Crippen molar-refractivity contribution >= 4 is 17.8 Å². The number of nitrogens with one attached hydrogen (secondary N) is 1. The Labute approximate surface area is 154 Å². The Kier molecular flexibility index (Phi) is 6.81. The lowest BCUT2D eigenvalue weighted by Crippen LogP contribution is -2.48. The van der Waals surface area contributed by atoms with E-state index in [2.05, 4.69) is 5.32 Å². The molecule has 0 bridgehead atoms. The molecule has 1 atom stereocenters. The number of ketones is 1. The minimum absolute atomic E-state index is 0.0244. The van der Waals surface area contributed by atoms with Gasteiger partial charge < -0.3 is 15.0 Å². The van der Waals surface area contributed by atoms with Gasteiger partial charge in [0.25, 0.3) is 0 Å². The second kappa shape index (κ2) is 8.88. The number of esters is 1. The summed E-state index contributed by atoms with van der Waals surface area (Å²) in [6, 6.07) is 3.78. The number of carbonyl (C=O) groups excluding carboxylic acids is 3. The number of amides is 2. The summed E-state index contributed by atoms with van der Waals surface area (Å²) in [5.74, 6) is -1.58. The number of alkyl halides is 3. The number of Topliss-reactive ketones (excluding diaryl/α,β-unsaturated/α-hetero) is 1. The number of urea groups is 1.